The fraction of sp³-hybridized carbons (Fsp3) is 0.227. The lowest BCUT2D eigenvalue weighted by molar-refractivity contribution is 0.0952. The molecule has 0 aliphatic heterocycles. The van der Waals surface area contributed by atoms with Crippen LogP contribution >= 0.6 is 0 Å². The van der Waals surface area contributed by atoms with Crippen LogP contribution in [-0.2, 0) is 6.54 Å². The summed E-state index contributed by atoms with van der Waals surface area (Å²) in [5, 5.41) is 7.82. The maximum Gasteiger partial charge on any atom is 0.259 e. The van der Waals surface area contributed by atoms with Crippen LogP contribution in [0.25, 0.3) is 22.4 Å². The molecule has 3 aromatic heterocycles. The summed E-state index contributed by atoms with van der Waals surface area (Å²) in [5.74, 6) is 0.184. The molecule has 1 amide bonds. The Bertz CT molecular complexity index is 1200. The van der Waals surface area contributed by atoms with E-state index in [0.717, 1.165) is 35.5 Å². The number of pyridine rings is 1. The van der Waals surface area contributed by atoms with Crippen molar-refractivity contribution >= 4 is 17.0 Å². The third-order valence-electron chi connectivity index (χ3n) is 5.15. The molecule has 0 spiro atoms. The average Bonchev–Trinajstić information content (AvgIpc) is 3.52. The molecule has 0 bridgehead atoms. The van der Waals surface area contributed by atoms with Crippen LogP contribution in [0.4, 0.5) is 0 Å². The van der Waals surface area contributed by atoms with Crippen LogP contribution in [0.1, 0.15) is 46.2 Å². The quantitative estimate of drug-likeness (QED) is 0.562. The fourth-order valence-corrected chi connectivity index (χ4v) is 3.40. The standard InChI is InChI=1S/C22H19N5O2/c1-13-18(24-10-9-23-13)12-25-21(28)16-11-17(14-7-8-14)26-22-19(16)20(27-29-22)15-5-3-2-4-6-15/h2-6,9-11,14H,7-8,12H2,1H3,(H,25,28). The molecule has 0 unspecified atom stereocenters. The Labute approximate surface area is 167 Å². The number of carbonyl (C=O) groups is 1. The van der Waals surface area contributed by atoms with Gasteiger partial charge < -0.3 is 9.84 Å². The Kier molecular flexibility index (Phi) is 4.27. The second-order valence-corrected chi connectivity index (χ2v) is 7.22. The fourth-order valence-electron chi connectivity index (χ4n) is 3.40. The van der Waals surface area contributed by atoms with Crippen molar-refractivity contribution in [1.29, 1.82) is 0 Å². The van der Waals surface area contributed by atoms with E-state index in [1.807, 2.05) is 43.3 Å². The van der Waals surface area contributed by atoms with E-state index in [0.29, 0.717) is 34.8 Å². The molecule has 144 valence electrons. The van der Waals surface area contributed by atoms with Gasteiger partial charge in [0, 0.05) is 29.6 Å². The number of rotatable bonds is 5. The highest BCUT2D eigenvalue weighted by Gasteiger charge is 2.29. The Morgan fingerprint density at radius 1 is 1.17 bits per heavy atom. The topological polar surface area (TPSA) is 93.8 Å². The zero-order valence-electron chi connectivity index (χ0n) is 15.9. The number of aryl methyl sites for hydroxylation is 1. The molecule has 4 aromatic rings. The summed E-state index contributed by atoms with van der Waals surface area (Å²) in [6.45, 7) is 2.17. The highest BCUT2D eigenvalue weighted by atomic mass is 16.5. The highest BCUT2D eigenvalue weighted by molar-refractivity contribution is 6.09. The number of hydrogen-bond acceptors (Lipinski definition) is 6. The van der Waals surface area contributed by atoms with Gasteiger partial charge >= 0.3 is 0 Å². The SMILES string of the molecule is Cc1nccnc1CNC(=O)c1cc(C2CC2)nc2onc(-c3ccccc3)c12. The van der Waals surface area contributed by atoms with Gasteiger partial charge in [0.1, 0.15) is 5.69 Å². The number of benzene rings is 1. The van der Waals surface area contributed by atoms with Crippen LogP contribution in [0.3, 0.4) is 0 Å². The molecule has 7 nitrogen and oxygen atoms in total. The Balaban J connectivity index is 1.56. The molecule has 0 saturated heterocycles. The van der Waals surface area contributed by atoms with Gasteiger partial charge in [0.05, 0.1) is 28.9 Å². The summed E-state index contributed by atoms with van der Waals surface area (Å²) in [6.07, 6.45) is 5.42. The molecule has 1 N–H and O–H groups in total. The van der Waals surface area contributed by atoms with Crippen molar-refractivity contribution in [3.63, 3.8) is 0 Å². The number of aromatic nitrogens is 4. The van der Waals surface area contributed by atoms with Crippen molar-refractivity contribution in [3.05, 3.63) is 71.4 Å². The van der Waals surface area contributed by atoms with E-state index in [-0.39, 0.29) is 5.91 Å². The van der Waals surface area contributed by atoms with E-state index in [4.69, 9.17) is 4.52 Å². The van der Waals surface area contributed by atoms with Crippen LogP contribution in [0.2, 0.25) is 0 Å². The van der Waals surface area contributed by atoms with Crippen LogP contribution in [0.15, 0.2) is 53.3 Å². The lowest BCUT2D eigenvalue weighted by atomic mass is 10.0. The van der Waals surface area contributed by atoms with Gasteiger partial charge in [0.25, 0.3) is 11.6 Å². The zero-order chi connectivity index (χ0) is 19.8. The number of fused-ring (bicyclic) bond motifs is 1. The van der Waals surface area contributed by atoms with Crippen LogP contribution < -0.4 is 5.32 Å². The van der Waals surface area contributed by atoms with E-state index < -0.39 is 0 Å². The number of carbonyl (C=O) groups excluding carboxylic acids is 1. The van der Waals surface area contributed by atoms with Crippen molar-refractivity contribution in [3.8, 4) is 11.3 Å². The maximum absolute atomic E-state index is 13.2. The van der Waals surface area contributed by atoms with Crippen LogP contribution in [0.5, 0.6) is 0 Å². The number of amides is 1. The largest absolute Gasteiger partial charge is 0.346 e. The van der Waals surface area contributed by atoms with Gasteiger partial charge in [0.15, 0.2) is 0 Å². The Morgan fingerprint density at radius 2 is 1.97 bits per heavy atom. The minimum atomic E-state index is -0.204. The molecule has 1 aliphatic carbocycles. The minimum absolute atomic E-state index is 0.204. The first-order valence-electron chi connectivity index (χ1n) is 9.61. The van der Waals surface area contributed by atoms with Gasteiger partial charge in [-0.25, -0.2) is 4.98 Å². The molecule has 1 saturated carbocycles. The van der Waals surface area contributed by atoms with E-state index in [1.165, 1.54) is 0 Å². The van der Waals surface area contributed by atoms with Crippen LogP contribution in [0, 0.1) is 6.92 Å². The number of hydrogen-bond donors (Lipinski definition) is 1. The van der Waals surface area contributed by atoms with Crippen molar-refractivity contribution in [2.75, 3.05) is 0 Å². The van der Waals surface area contributed by atoms with Gasteiger partial charge in [-0.3, -0.25) is 14.8 Å². The first-order valence-corrected chi connectivity index (χ1v) is 9.61. The Hall–Kier alpha value is -3.61. The number of nitrogens with zero attached hydrogens (tertiary/aromatic N) is 4. The van der Waals surface area contributed by atoms with Crippen molar-refractivity contribution in [2.45, 2.75) is 32.2 Å². The molecule has 3 heterocycles. The second kappa shape index (κ2) is 7.09. The van der Waals surface area contributed by atoms with E-state index >= 15 is 0 Å². The summed E-state index contributed by atoms with van der Waals surface area (Å²) in [7, 11) is 0. The highest BCUT2D eigenvalue weighted by Crippen LogP contribution is 2.41. The summed E-state index contributed by atoms with van der Waals surface area (Å²) in [6, 6.07) is 11.6. The first-order chi connectivity index (χ1) is 14.2. The summed E-state index contributed by atoms with van der Waals surface area (Å²) >= 11 is 0. The third-order valence-corrected chi connectivity index (χ3v) is 5.15. The van der Waals surface area contributed by atoms with Crippen molar-refractivity contribution in [1.82, 2.24) is 25.4 Å². The zero-order valence-corrected chi connectivity index (χ0v) is 15.9. The normalized spacial score (nSPS) is 13.6. The first kappa shape index (κ1) is 17.5. The van der Waals surface area contributed by atoms with Gasteiger partial charge in [0.2, 0.25) is 0 Å². The van der Waals surface area contributed by atoms with Gasteiger partial charge in [-0.15, -0.1) is 0 Å². The molecule has 7 heteroatoms. The molecular formula is C22H19N5O2. The second-order valence-electron chi connectivity index (χ2n) is 7.22. The maximum atomic E-state index is 13.2. The smallest absolute Gasteiger partial charge is 0.259 e. The summed E-state index contributed by atoms with van der Waals surface area (Å²) < 4.78 is 5.53. The molecule has 1 aromatic carbocycles. The molecule has 0 atom stereocenters. The van der Waals surface area contributed by atoms with E-state index in [1.54, 1.807) is 12.4 Å². The number of nitrogens with one attached hydrogen (secondary N) is 1. The predicted molar refractivity (Wildman–Crippen MR) is 107 cm³/mol. The van der Waals surface area contributed by atoms with Gasteiger partial charge in [-0.1, -0.05) is 35.5 Å². The predicted octanol–water partition coefficient (Wildman–Crippen LogP) is 3.80. The lowest BCUT2D eigenvalue weighted by Crippen LogP contribution is -2.24. The molecule has 1 fully saturated rings. The third kappa shape index (κ3) is 3.35. The van der Waals surface area contributed by atoms with E-state index in [2.05, 4.69) is 25.4 Å². The lowest BCUT2D eigenvalue weighted by Gasteiger charge is -2.09. The van der Waals surface area contributed by atoms with Crippen LogP contribution in [-0.4, -0.2) is 26.0 Å². The summed E-state index contributed by atoms with van der Waals surface area (Å²) in [4.78, 5) is 26.3. The molecular weight excluding hydrogens is 366 g/mol. The molecule has 1 aliphatic rings. The summed E-state index contributed by atoms with van der Waals surface area (Å²) in [5.41, 5.74) is 4.84. The Morgan fingerprint density at radius 3 is 2.72 bits per heavy atom. The van der Waals surface area contributed by atoms with E-state index in [9.17, 15) is 4.79 Å². The van der Waals surface area contributed by atoms with Crippen molar-refractivity contribution in [2.24, 2.45) is 0 Å². The molecule has 0 radical (unpaired) electrons. The minimum Gasteiger partial charge on any atom is -0.346 e. The average molecular weight is 385 g/mol. The van der Waals surface area contributed by atoms with Crippen molar-refractivity contribution < 1.29 is 9.32 Å². The monoisotopic (exact) mass is 385 g/mol. The van der Waals surface area contributed by atoms with Gasteiger partial charge in [-0.05, 0) is 25.8 Å². The molecule has 5 rings (SSSR count). The molecule has 29 heavy (non-hydrogen) atoms. The van der Waals surface area contributed by atoms with Gasteiger partial charge in [-0.2, -0.15) is 0 Å².